The second kappa shape index (κ2) is 12.9. The molecule has 1 amide bonds. The van der Waals surface area contributed by atoms with E-state index in [-0.39, 0.29) is 23.2 Å². The molecule has 0 unspecified atom stereocenters. The summed E-state index contributed by atoms with van der Waals surface area (Å²) in [5.74, 6) is 0.901. The zero-order chi connectivity index (χ0) is 28.2. The Morgan fingerprint density at radius 1 is 1.08 bits per heavy atom. The summed E-state index contributed by atoms with van der Waals surface area (Å²) in [5.41, 5.74) is 3.72. The first-order chi connectivity index (χ1) is 18.7. The molecule has 0 spiro atoms. The molecule has 1 aliphatic carbocycles. The van der Waals surface area contributed by atoms with E-state index in [4.69, 9.17) is 4.74 Å². The van der Waals surface area contributed by atoms with E-state index in [2.05, 4.69) is 37.1 Å². The molecule has 1 fully saturated rings. The quantitative estimate of drug-likeness (QED) is 0.402. The van der Waals surface area contributed by atoms with Crippen LogP contribution in [0.1, 0.15) is 92.5 Å². The van der Waals surface area contributed by atoms with Crippen LogP contribution in [0.4, 0.5) is 0 Å². The zero-order valence-corrected chi connectivity index (χ0v) is 24.5. The summed E-state index contributed by atoms with van der Waals surface area (Å²) in [7, 11) is -3.31. The molecular weight excluding hydrogens is 512 g/mol. The standard InChI is InChI=1S/C31H44N2O5S/c1-5-38-26-12-7-22(8-13-26)18-33-19-25-17-24(11-16-28(25)30(33)21(3)4)31(35)32-29(20-34)23-9-14-27(15-10-23)39(36,37)6-2/h9-11,14-17,21-22,26,29-30,34H,5-8,12-13,18-20H2,1-4H3,(H,32,35)/t22-,26-,29-,30+/m0/s1. The highest BCUT2D eigenvalue weighted by Crippen LogP contribution is 2.41. The lowest BCUT2D eigenvalue weighted by atomic mass is 9.86. The van der Waals surface area contributed by atoms with E-state index in [1.54, 1.807) is 19.1 Å². The number of nitrogens with zero attached hydrogens (tertiary/aromatic N) is 1. The molecule has 2 aromatic rings. The number of hydrogen-bond donors (Lipinski definition) is 2. The lowest BCUT2D eigenvalue weighted by Gasteiger charge is -2.35. The number of nitrogens with one attached hydrogen (secondary N) is 1. The minimum Gasteiger partial charge on any atom is -0.394 e. The third kappa shape index (κ3) is 6.91. The van der Waals surface area contributed by atoms with Gasteiger partial charge < -0.3 is 15.2 Å². The van der Waals surface area contributed by atoms with Crippen LogP contribution < -0.4 is 5.32 Å². The molecule has 1 heterocycles. The fourth-order valence-electron chi connectivity index (χ4n) is 6.24. The van der Waals surface area contributed by atoms with Crippen LogP contribution in [0.3, 0.4) is 0 Å². The first-order valence-electron chi connectivity index (χ1n) is 14.4. The summed E-state index contributed by atoms with van der Waals surface area (Å²) in [4.78, 5) is 16.0. The number of fused-ring (bicyclic) bond motifs is 1. The maximum atomic E-state index is 13.2. The van der Waals surface area contributed by atoms with Gasteiger partial charge in [-0.05, 0) is 85.4 Å². The molecule has 214 valence electrons. The van der Waals surface area contributed by atoms with Crippen molar-refractivity contribution in [2.24, 2.45) is 11.8 Å². The number of aliphatic hydroxyl groups is 1. The van der Waals surface area contributed by atoms with E-state index in [0.717, 1.165) is 32.5 Å². The summed E-state index contributed by atoms with van der Waals surface area (Å²) in [6, 6.07) is 12.0. The van der Waals surface area contributed by atoms with Gasteiger partial charge in [0.25, 0.3) is 5.91 Å². The topological polar surface area (TPSA) is 95.9 Å². The Kier molecular flexibility index (Phi) is 9.86. The molecule has 39 heavy (non-hydrogen) atoms. The molecule has 0 saturated heterocycles. The SMILES string of the molecule is CCO[C@H]1CC[C@H](CN2Cc3cc(C(=O)N[C@@H](CO)c4ccc(S(=O)(=O)CC)cc4)ccc3[C@H]2C(C)C)CC1. The van der Waals surface area contributed by atoms with E-state index in [1.165, 1.54) is 36.1 Å². The molecule has 0 radical (unpaired) electrons. The van der Waals surface area contributed by atoms with E-state index >= 15 is 0 Å². The number of ether oxygens (including phenoxy) is 1. The van der Waals surface area contributed by atoms with Crippen molar-refractivity contribution in [1.29, 1.82) is 0 Å². The monoisotopic (exact) mass is 556 g/mol. The normalized spacial score (nSPS) is 22.6. The molecule has 8 heteroatoms. The van der Waals surface area contributed by atoms with Crippen molar-refractivity contribution in [3.63, 3.8) is 0 Å². The van der Waals surface area contributed by atoms with Crippen molar-refractivity contribution < 1.29 is 23.1 Å². The smallest absolute Gasteiger partial charge is 0.251 e. The number of amides is 1. The third-order valence-corrected chi connectivity index (χ3v) is 10.1. The number of rotatable bonds is 11. The highest BCUT2D eigenvalue weighted by molar-refractivity contribution is 7.91. The van der Waals surface area contributed by atoms with Crippen molar-refractivity contribution in [1.82, 2.24) is 10.2 Å². The number of carbonyl (C=O) groups is 1. The molecule has 2 aliphatic rings. The Bertz CT molecular complexity index is 1220. The van der Waals surface area contributed by atoms with Gasteiger partial charge in [0.05, 0.1) is 29.4 Å². The largest absolute Gasteiger partial charge is 0.394 e. The van der Waals surface area contributed by atoms with Gasteiger partial charge in [-0.25, -0.2) is 8.42 Å². The maximum Gasteiger partial charge on any atom is 0.251 e. The summed E-state index contributed by atoms with van der Waals surface area (Å²) >= 11 is 0. The lowest BCUT2D eigenvalue weighted by Crippen LogP contribution is -2.33. The Morgan fingerprint density at radius 2 is 1.77 bits per heavy atom. The molecule has 1 saturated carbocycles. The molecular formula is C31H44N2O5S. The Labute approximate surface area is 233 Å². The molecule has 2 atom stereocenters. The van der Waals surface area contributed by atoms with Crippen LogP contribution in [0.25, 0.3) is 0 Å². The number of aliphatic hydroxyl groups excluding tert-OH is 1. The summed E-state index contributed by atoms with van der Waals surface area (Å²) < 4.78 is 30.1. The predicted octanol–water partition coefficient (Wildman–Crippen LogP) is 5.05. The highest BCUT2D eigenvalue weighted by atomic mass is 32.2. The van der Waals surface area contributed by atoms with Crippen LogP contribution in [0.15, 0.2) is 47.4 Å². The number of benzene rings is 2. The third-order valence-electron chi connectivity index (χ3n) is 8.32. The highest BCUT2D eigenvalue weighted by Gasteiger charge is 2.35. The van der Waals surface area contributed by atoms with Gasteiger partial charge in [-0.3, -0.25) is 9.69 Å². The fraction of sp³-hybridized carbons (Fsp3) is 0.581. The second-order valence-electron chi connectivity index (χ2n) is 11.3. The molecule has 2 aromatic carbocycles. The Hall–Kier alpha value is -2.26. The van der Waals surface area contributed by atoms with Crippen LogP contribution in [-0.4, -0.2) is 55.9 Å². The molecule has 0 aromatic heterocycles. The first kappa shape index (κ1) is 29.7. The van der Waals surface area contributed by atoms with E-state index in [9.17, 15) is 18.3 Å². The maximum absolute atomic E-state index is 13.2. The van der Waals surface area contributed by atoms with Crippen LogP contribution in [0.2, 0.25) is 0 Å². The first-order valence-corrected chi connectivity index (χ1v) is 16.0. The molecule has 7 nitrogen and oxygen atoms in total. The number of hydrogen-bond acceptors (Lipinski definition) is 6. The molecule has 4 rings (SSSR count). The Morgan fingerprint density at radius 3 is 2.36 bits per heavy atom. The van der Waals surface area contributed by atoms with Crippen molar-refractivity contribution in [2.75, 3.05) is 25.5 Å². The van der Waals surface area contributed by atoms with Gasteiger partial charge in [-0.1, -0.05) is 39.0 Å². The summed E-state index contributed by atoms with van der Waals surface area (Å²) in [5, 5.41) is 12.9. The van der Waals surface area contributed by atoms with Crippen molar-refractivity contribution in [3.05, 3.63) is 64.7 Å². The van der Waals surface area contributed by atoms with Gasteiger partial charge in [-0.2, -0.15) is 0 Å². The molecule has 0 bridgehead atoms. The van der Waals surface area contributed by atoms with Gasteiger partial charge >= 0.3 is 0 Å². The van der Waals surface area contributed by atoms with E-state index < -0.39 is 15.9 Å². The van der Waals surface area contributed by atoms with Crippen molar-refractivity contribution in [2.45, 2.75) is 83.0 Å². The van der Waals surface area contributed by atoms with E-state index in [0.29, 0.717) is 35.1 Å². The average molecular weight is 557 g/mol. The zero-order valence-electron chi connectivity index (χ0n) is 23.7. The lowest BCUT2D eigenvalue weighted by molar-refractivity contribution is 0.0175. The molecule has 1 aliphatic heterocycles. The summed E-state index contributed by atoms with van der Waals surface area (Å²) in [6.07, 6.45) is 5.08. The fourth-order valence-corrected chi connectivity index (χ4v) is 7.13. The van der Waals surface area contributed by atoms with Crippen LogP contribution in [-0.2, 0) is 21.1 Å². The van der Waals surface area contributed by atoms with Crippen LogP contribution in [0, 0.1) is 11.8 Å². The second-order valence-corrected chi connectivity index (χ2v) is 13.6. The van der Waals surface area contributed by atoms with Crippen LogP contribution >= 0.6 is 0 Å². The average Bonchev–Trinajstić information content (AvgIpc) is 3.30. The molecule has 2 N–H and O–H groups in total. The van der Waals surface area contributed by atoms with Gasteiger partial charge in [0.15, 0.2) is 9.84 Å². The number of sulfone groups is 1. The van der Waals surface area contributed by atoms with Gasteiger partial charge in [0, 0.05) is 31.3 Å². The van der Waals surface area contributed by atoms with E-state index in [1.807, 2.05) is 12.1 Å². The minimum atomic E-state index is -3.31. The van der Waals surface area contributed by atoms with Gasteiger partial charge in [0.1, 0.15) is 0 Å². The summed E-state index contributed by atoms with van der Waals surface area (Å²) in [6.45, 7) is 10.6. The van der Waals surface area contributed by atoms with Gasteiger partial charge in [-0.15, -0.1) is 0 Å². The number of carbonyl (C=O) groups excluding carboxylic acids is 1. The Balaban J connectivity index is 1.44. The van der Waals surface area contributed by atoms with Crippen LogP contribution in [0.5, 0.6) is 0 Å². The minimum absolute atomic E-state index is 0.0228. The van der Waals surface area contributed by atoms with Gasteiger partial charge in [0.2, 0.25) is 0 Å². The van der Waals surface area contributed by atoms with Crippen molar-refractivity contribution in [3.8, 4) is 0 Å². The van der Waals surface area contributed by atoms with Crippen molar-refractivity contribution >= 4 is 15.7 Å². The predicted molar refractivity (Wildman–Crippen MR) is 153 cm³/mol.